The van der Waals surface area contributed by atoms with Crippen LogP contribution in [-0.4, -0.2) is 0 Å². The van der Waals surface area contributed by atoms with Gasteiger partial charge < -0.3 is 4.74 Å². The highest BCUT2D eigenvalue weighted by Gasteiger charge is 1.86. The smallest absolute Gasteiger partial charge is 0.126 e. The number of hydrogen-bond acceptors (Lipinski definition) is 1. The third-order valence-electron chi connectivity index (χ3n) is 1.10. The van der Waals surface area contributed by atoms with Gasteiger partial charge in [-0.3, -0.25) is 0 Å². The number of benzene rings is 1. The molecule has 1 aromatic rings. The summed E-state index contributed by atoms with van der Waals surface area (Å²) in [4.78, 5) is 0. The van der Waals surface area contributed by atoms with Crippen LogP contribution in [0, 0.1) is 0 Å². The molecule has 0 heterocycles. The summed E-state index contributed by atoms with van der Waals surface area (Å²) >= 11 is 5.56. The van der Waals surface area contributed by atoms with E-state index in [9.17, 15) is 0 Å². The molecule has 1 rings (SSSR count). The Bertz CT molecular complexity index is 237. The van der Waals surface area contributed by atoms with Crippen LogP contribution in [-0.2, 0) is 0 Å². The minimum absolute atomic E-state index is 0.633. The molecule has 0 saturated carbocycles. The first-order valence-corrected chi connectivity index (χ1v) is 3.71. The monoisotopic (exact) mass is 168 g/mol. The van der Waals surface area contributed by atoms with Crippen LogP contribution in [0.2, 0.25) is 0 Å². The largest absolute Gasteiger partial charge is 0.464 e. The highest BCUT2D eigenvalue weighted by molar-refractivity contribution is 6.29. The number of halogens is 1. The fraction of sp³-hybridized carbons (Fsp3) is 0.111. The second-order valence-corrected chi connectivity index (χ2v) is 2.73. The predicted octanol–water partition coefficient (Wildman–Crippen LogP) is 3.17. The van der Waals surface area contributed by atoms with Gasteiger partial charge in [-0.1, -0.05) is 29.8 Å². The second kappa shape index (κ2) is 4.04. The van der Waals surface area contributed by atoms with E-state index in [1.54, 1.807) is 6.92 Å². The van der Waals surface area contributed by atoms with Gasteiger partial charge in [0, 0.05) is 0 Å². The van der Waals surface area contributed by atoms with Crippen molar-refractivity contribution in [2.45, 2.75) is 6.92 Å². The van der Waals surface area contributed by atoms with E-state index >= 15 is 0 Å². The van der Waals surface area contributed by atoms with Crippen molar-refractivity contribution >= 4 is 11.6 Å². The van der Waals surface area contributed by atoms with Crippen molar-refractivity contribution in [3.8, 4) is 5.75 Å². The minimum Gasteiger partial charge on any atom is -0.464 e. The van der Waals surface area contributed by atoms with Gasteiger partial charge in [0.1, 0.15) is 12.0 Å². The molecule has 0 N–H and O–H groups in total. The molecule has 0 amide bonds. The topological polar surface area (TPSA) is 9.23 Å². The lowest BCUT2D eigenvalue weighted by Crippen LogP contribution is -1.80. The summed E-state index contributed by atoms with van der Waals surface area (Å²) in [5.74, 6) is 0.799. The summed E-state index contributed by atoms with van der Waals surface area (Å²) in [5, 5.41) is 0.633. The first kappa shape index (κ1) is 8.15. The number of rotatable bonds is 2. The molecule has 1 aromatic carbocycles. The first-order valence-electron chi connectivity index (χ1n) is 3.33. The first-order chi connectivity index (χ1) is 5.29. The van der Waals surface area contributed by atoms with Crippen molar-refractivity contribution in [2.75, 3.05) is 0 Å². The molecule has 11 heavy (non-hydrogen) atoms. The van der Waals surface area contributed by atoms with Gasteiger partial charge in [0.2, 0.25) is 0 Å². The van der Waals surface area contributed by atoms with E-state index < -0.39 is 0 Å². The molecule has 0 unspecified atom stereocenters. The van der Waals surface area contributed by atoms with Gasteiger partial charge in [0.05, 0.1) is 5.03 Å². The van der Waals surface area contributed by atoms with Crippen LogP contribution < -0.4 is 4.74 Å². The Hall–Kier alpha value is -0.950. The SMILES string of the molecule is C/C(Cl)=C\Oc1ccccc1. The van der Waals surface area contributed by atoms with Gasteiger partial charge in [0.15, 0.2) is 0 Å². The number of ether oxygens (including phenoxy) is 1. The van der Waals surface area contributed by atoms with Gasteiger partial charge in [-0.05, 0) is 19.1 Å². The molecular formula is C9H9ClO. The molecule has 0 saturated heterocycles. The Morgan fingerprint density at radius 1 is 1.36 bits per heavy atom. The van der Waals surface area contributed by atoms with E-state index in [1.807, 2.05) is 30.3 Å². The van der Waals surface area contributed by atoms with E-state index in [0.717, 1.165) is 5.75 Å². The zero-order valence-electron chi connectivity index (χ0n) is 6.25. The van der Waals surface area contributed by atoms with E-state index in [4.69, 9.17) is 16.3 Å². The summed E-state index contributed by atoms with van der Waals surface area (Å²) in [5.41, 5.74) is 0. The maximum atomic E-state index is 5.56. The van der Waals surface area contributed by atoms with Crippen LogP contribution in [0.1, 0.15) is 6.92 Å². The van der Waals surface area contributed by atoms with E-state index in [1.165, 1.54) is 6.26 Å². The summed E-state index contributed by atoms with van der Waals surface area (Å²) in [6.45, 7) is 1.77. The highest BCUT2D eigenvalue weighted by Crippen LogP contribution is 2.10. The highest BCUT2D eigenvalue weighted by atomic mass is 35.5. The Balaban J connectivity index is 2.59. The number of hydrogen-bond donors (Lipinski definition) is 0. The fourth-order valence-corrected chi connectivity index (χ4v) is 0.693. The van der Waals surface area contributed by atoms with Crippen LogP contribution in [0.5, 0.6) is 5.75 Å². The van der Waals surface area contributed by atoms with Gasteiger partial charge in [0.25, 0.3) is 0 Å². The van der Waals surface area contributed by atoms with Crippen LogP contribution in [0.25, 0.3) is 0 Å². The van der Waals surface area contributed by atoms with E-state index in [-0.39, 0.29) is 0 Å². The lowest BCUT2D eigenvalue weighted by atomic mass is 10.3. The molecule has 2 heteroatoms. The molecule has 58 valence electrons. The van der Waals surface area contributed by atoms with E-state index in [0.29, 0.717) is 5.03 Å². The van der Waals surface area contributed by atoms with Crippen LogP contribution in [0.4, 0.5) is 0 Å². The molecule has 0 spiro atoms. The van der Waals surface area contributed by atoms with Gasteiger partial charge in [-0.2, -0.15) is 0 Å². The molecule has 0 aromatic heterocycles. The average Bonchev–Trinajstić information content (AvgIpc) is 2.03. The van der Waals surface area contributed by atoms with Crippen LogP contribution in [0.3, 0.4) is 0 Å². The van der Waals surface area contributed by atoms with Crippen molar-refractivity contribution in [2.24, 2.45) is 0 Å². The zero-order chi connectivity index (χ0) is 8.10. The summed E-state index contributed by atoms with van der Waals surface area (Å²) in [6, 6.07) is 9.50. The van der Waals surface area contributed by atoms with Gasteiger partial charge in [-0.15, -0.1) is 0 Å². The molecule has 0 bridgehead atoms. The molecule has 0 aliphatic rings. The minimum atomic E-state index is 0.633. The lowest BCUT2D eigenvalue weighted by Gasteiger charge is -1.97. The molecule has 1 nitrogen and oxygen atoms in total. The third kappa shape index (κ3) is 3.10. The maximum Gasteiger partial charge on any atom is 0.126 e. The zero-order valence-corrected chi connectivity index (χ0v) is 7.01. The quantitative estimate of drug-likeness (QED) is 0.617. The van der Waals surface area contributed by atoms with Crippen molar-refractivity contribution in [1.29, 1.82) is 0 Å². The van der Waals surface area contributed by atoms with Crippen molar-refractivity contribution in [1.82, 2.24) is 0 Å². The van der Waals surface area contributed by atoms with Crippen molar-refractivity contribution in [3.05, 3.63) is 41.6 Å². The van der Waals surface area contributed by atoms with Gasteiger partial charge in [-0.25, -0.2) is 0 Å². The standard InChI is InChI=1S/C9H9ClO/c1-8(10)7-11-9-5-3-2-4-6-9/h2-7H,1H3/b8-7+. The Labute approximate surface area is 71.3 Å². The fourth-order valence-electron chi connectivity index (χ4n) is 0.648. The van der Waals surface area contributed by atoms with Gasteiger partial charge >= 0.3 is 0 Å². The number of para-hydroxylation sites is 1. The lowest BCUT2D eigenvalue weighted by molar-refractivity contribution is 0.479. The Morgan fingerprint density at radius 2 is 2.00 bits per heavy atom. The average molecular weight is 169 g/mol. The molecule has 0 aliphatic heterocycles. The van der Waals surface area contributed by atoms with Crippen LogP contribution in [0.15, 0.2) is 41.6 Å². The number of allylic oxidation sites excluding steroid dienone is 1. The predicted molar refractivity (Wildman–Crippen MR) is 46.7 cm³/mol. The Kier molecular flexibility index (Phi) is 2.99. The van der Waals surface area contributed by atoms with Crippen LogP contribution >= 0.6 is 11.6 Å². The molecule has 0 aliphatic carbocycles. The summed E-state index contributed by atoms with van der Waals surface area (Å²) in [7, 11) is 0. The van der Waals surface area contributed by atoms with Crippen molar-refractivity contribution in [3.63, 3.8) is 0 Å². The Morgan fingerprint density at radius 3 is 2.55 bits per heavy atom. The second-order valence-electron chi connectivity index (χ2n) is 2.14. The van der Waals surface area contributed by atoms with Crippen molar-refractivity contribution < 1.29 is 4.74 Å². The molecule has 0 radical (unpaired) electrons. The molecule has 0 fully saturated rings. The normalized spacial score (nSPS) is 11.3. The third-order valence-corrected chi connectivity index (χ3v) is 1.19. The summed E-state index contributed by atoms with van der Waals surface area (Å²) in [6.07, 6.45) is 1.51. The molecule has 0 atom stereocenters. The summed E-state index contributed by atoms with van der Waals surface area (Å²) < 4.78 is 5.17. The maximum absolute atomic E-state index is 5.56. The van der Waals surface area contributed by atoms with E-state index in [2.05, 4.69) is 0 Å². The molecular weight excluding hydrogens is 160 g/mol.